The number of rotatable bonds is 4. The number of carbonyl (C=O) groups excluding carboxylic acids is 2. The Bertz CT molecular complexity index is 439. The maximum atomic E-state index is 11.7. The summed E-state index contributed by atoms with van der Waals surface area (Å²) in [6.45, 7) is 3.64. The minimum atomic E-state index is -0.656. The topological polar surface area (TPSA) is 99.2 Å². The highest BCUT2D eigenvalue weighted by atomic mass is 16.5. The van der Waals surface area contributed by atoms with E-state index in [1.807, 2.05) is 0 Å². The molecule has 17 heavy (non-hydrogen) atoms. The molecule has 0 aliphatic carbocycles. The molecule has 1 amide bonds. The lowest BCUT2D eigenvalue weighted by molar-refractivity contribution is -0.124. The molecule has 7 heteroatoms. The zero-order valence-corrected chi connectivity index (χ0v) is 10.1. The van der Waals surface area contributed by atoms with E-state index in [1.54, 1.807) is 20.9 Å². The minimum absolute atomic E-state index is 0.159. The second kappa shape index (κ2) is 5.33. The molecule has 94 valence electrons. The van der Waals surface area contributed by atoms with E-state index in [4.69, 9.17) is 10.5 Å². The third-order valence-corrected chi connectivity index (χ3v) is 2.17. The molecule has 1 heterocycles. The van der Waals surface area contributed by atoms with E-state index in [-0.39, 0.29) is 23.9 Å². The number of likely N-dealkylation sites (N-methyl/N-ethyl adjacent to an activating group) is 1. The second-order valence-corrected chi connectivity index (χ2v) is 3.50. The van der Waals surface area contributed by atoms with Crippen molar-refractivity contribution in [2.45, 2.75) is 13.8 Å². The van der Waals surface area contributed by atoms with Gasteiger partial charge in [-0.3, -0.25) is 9.48 Å². The molecule has 0 aliphatic rings. The summed E-state index contributed by atoms with van der Waals surface area (Å²) in [6, 6.07) is 0. The Balaban J connectivity index is 2.67. The zero-order valence-electron chi connectivity index (χ0n) is 10.1. The van der Waals surface area contributed by atoms with Crippen LogP contribution in [0.3, 0.4) is 0 Å². The zero-order chi connectivity index (χ0) is 13.0. The first-order valence-corrected chi connectivity index (χ1v) is 5.20. The predicted molar refractivity (Wildman–Crippen MR) is 61.3 cm³/mol. The van der Waals surface area contributed by atoms with Crippen LogP contribution >= 0.6 is 0 Å². The van der Waals surface area contributed by atoms with Crippen LogP contribution in [0.1, 0.15) is 23.1 Å². The fourth-order valence-electron chi connectivity index (χ4n) is 1.36. The Morgan fingerprint density at radius 2 is 2.18 bits per heavy atom. The van der Waals surface area contributed by atoms with Crippen molar-refractivity contribution in [3.8, 4) is 0 Å². The summed E-state index contributed by atoms with van der Waals surface area (Å²) in [5.74, 6) is -1.00. The predicted octanol–water partition coefficient (Wildman–Crippen LogP) is -0.396. The van der Waals surface area contributed by atoms with Crippen molar-refractivity contribution in [3.05, 3.63) is 11.4 Å². The van der Waals surface area contributed by atoms with E-state index < -0.39 is 5.97 Å². The standard InChI is InChI=1S/C10H16N4O3/c1-4-12-7(15)5-17-10(16)9-8(11)6(2)13-14(9)3/h4-5,11H2,1-3H3,(H,12,15). The molecule has 1 rings (SSSR count). The Labute approximate surface area is 98.9 Å². The average molecular weight is 240 g/mol. The number of esters is 1. The lowest BCUT2D eigenvalue weighted by Gasteiger charge is -2.05. The van der Waals surface area contributed by atoms with Gasteiger partial charge in [-0.25, -0.2) is 4.79 Å². The summed E-state index contributed by atoms with van der Waals surface area (Å²) in [6.07, 6.45) is 0. The van der Waals surface area contributed by atoms with Crippen molar-refractivity contribution in [1.82, 2.24) is 15.1 Å². The molecule has 7 nitrogen and oxygen atoms in total. The Hall–Kier alpha value is -2.05. The monoisotopic (exact) mass is 240 g/mol. The molecule has 0 saturated heterocycles. The third-order valence-electron chi connectivity index (χ3n) is 2.17. The van der Waals surface area contributed by atoms with Crippen molar-refractivity contribution < 1.29 is 14.3 Å². The Morgan fingerprint density at radius 1 is 1.53 bits per heavy atom. The van der Waals surface area contributed by atoms with Crippen molar-refractivity contribution >= 4 is 17.6 Å². The number of aryl methyl sites for hydroxylation is 2. The first-order valence-electron chi connectivity index (χ1n) is 5.20. The number of hydrogen-bond donors (Lipinski definition) is 2. The Kier molecular flexibility index (Phi) is 4.08. The second-order valence-electron chi connectivity index (χ2n) is 3.50. The van der Waals surface area contributed by atoms with Crippen LogP contribution in [0.5, 0.6) is 0 Å². The maximum Gasteiger partial charge on any atom is 0.359 e. The fourth-order valence-corrected chi connectivity index (χ4v) is 1.36. The molecule has 0 unspecified atom stereocenters. The van der Waals surface area contributed by atoms with Gasteiger partial charge in [-0.2, -0.15) is 5.10 Å². The highest BCUT2D eigenvalue weighted by Gasteiger charge is 2.19. The van der Waals surface area contributed by atoms with Crippen molar-refractivity contribution in [2.75, 3.05) is 18.9 Å². The van der Waals surface area contributed by atoms with Crippen LogP contribution in [-0.2, 0) is 16.6 Å². The van der Waals surface area contributed by atoms with Crippen molar-refractivity contribution in [3.63, 3.8) is 0 Å². The number of nitrogen functional groups attached to an aromatic ring is 1. The van der Waals surface area contributed by atoms with Crippen molar-refractivity contribution in [1.29, 1.82) is 0 Å². The van der Waals surface area contributed by atoms with Gasteiger partial charge in [0.2, 0.25) is 0 Å². The highest BCUT2D eigenvalue weighted by Crippen LogP contribution is 2.15. The summed E-state index contributed by atoms with van der Waals surface area (Å²) < 4.78 is 6.16. The lowest BCUT2D eigenvalue weighted by Crippen LogP contribution is -2.28. The molecule has 3 N–H and O–H groups in total. The van der Waals surface area contributed by atoms with E-state index in [1.165, 1.54) is 4.68 Å². The number of carbonyl (C=O) groups is 2. The van der Waals surface area contributed by atoms with Crippen LogP contribution in [0.25, 0.3) is 0 Å². The fraction of sp³-hybridized carbons (Fsp3) is 0.500. The molecule has 0 fully saturated rings. The summed E-state index contributed by atoms with van der Waals surface area (Å²) in [7, 11) is 1.59. The van der Waals surface area contributed by atoms with Crippen LogP contribution in [0.15, 0.2) is 0 Å². The van der Waals surface area contributed by atoms with Gasteiger partial charge in [0.15, 0.2) is 12.3 Å². The van der Waals surface area contributed by atoms with Gasteiger partial charge in [-0.15, -0.1) is 0 Å². The number of nitrogens with zero attached hydrogens (tertiary/aromatic N) is 2. The van der Waals surface area contributed by atoms with E-state index >= 15 is 0 Å². The van der Waals surface area contributed by atoms with Gasteiger partial charge >= 0.3 is 5.97 Å². The number of anilines is 1. The third kappa shape index (κ3) is 2.96. The molecule has 1 aromatic heterocycles. The summed E-state index contributed by atoms with van der Waals surface area (Å²) >= 11 is 0. The van der Waals surface area contributed by atoms with E-state index in [0.29, 0.717) is 12.2 Å². The van der Waals surface area contributed by atoms with E-state index in [2.05, 4.69) is 10.4 Å². The summed E-state index contributed by atoms with van der Waals surface area (Å²) in [5, 5.41) is 6.50. The number of nitrogens with one attached hydrogen (secondary N) is 1. The smallest absolute Gasteiger partial charge is 0.359 e. The number of nitrogens with two attached hydrogens (primary N) is 1. The molecular weight excluding hydrogens is 224 g/mol. The van der Waals surface area contributed by atoms with Crippen molar-refractivity contribution in [2.24, 2.45) is 7.05 Å². The van der Waals surface area contributed by atoms with E-state index in [0.717, 1.165) is 0 Å². The van der Waals surface area contributed by atoms with Crippen LogP contribution in [0, 0.1) is 6.92 Å². The minimum Gasteiger partial charge on any atom is -0.451 e. The number of amides is 1. The number of hydrogen-bond acceptors (Lipinski definition) is 5. The van der Waals surface area contributed by atoms with E-state index in [9.17, 15) is 9.59 Å². The number of aromatic nitrogens is 2. The van der Waals surface area contributed by atoms with Gasteiger partial charge < -0.3 is 15.8 Å². The van der Waals surface area contributed by atoms with Gasteiger partial charge in [0.1, 0.15) is 0 Å². The molecule has 0 saturated carbocycles. The first-order chi connectivity index (χ1) is 7.97. The highest BCUT2D eigenvalue weighted by molar-refractivity contribution is 5.95. The maximum absolute atomic E-state index is 11.7. The number of ether oxygens (including phenoxy) is 1. The molecular formula is C10H16N4O3. The first kappa shape index (κ1) is 13.0. The summed E-state index contributed by atoms with van der Waals surface area (Å²) in [4.78, 5) is 22.8. The van der Waals surface area contributed by atoms with Crippen LogP contribution < -0.4 is 11.1 Å². The lowest BCUT2D eigenvalue weighted by atomic mass is 10.3. The summed E-state index contributed by atoms with van der Waals surface area (Å²) in [5.41, 5.74) is 6.67. The van der Waals surface area contributed by atoms with Crippen LogP contribution in [-0.4, -0.2) is 34.8 Å². The van der Waals surface area contributed by atoms with Crippen LogP contribution in [0.4, 0.5) is 5.69 Å². The molecule has 0 aliphatic heterocycles. The molecule has 0 radical (unpaired) electrons. The normalized spacial score (nSPS) is 10.1. The van der Waals surface area contributed by atoms with Gasteiger partial charge in [0.05, 0.1) is 11.4 Å². The van der Waals surface area contributed by atoms with Gasteiger partial charge in [-0.05, 0) is 13.8 Å². The van der Waals surface area contributed by atoms with Gasteiger partial charge in [0.25, 0.3) is 5.91 Å². The molecule has 0 aromatic carbocycles. The quantitative estimate of drug-likeness (QED) is 0.698. The SMILES string of the molecule is CCNC(=O)COC(=O)c1c(N)c(C)nn1C. The molecule has 0 spiro atoms. The van der Waals surface area contributed by atoms with Gasteiger partial charge in [0, 0.05) is 13.6 Å². The van der Waals surface area contributed by atoms with Crippen LogP contribution in [0.2, 0.25) is 0 Å². The Morgan fingerprint density at radius 3 is 2.65 bits per heavy atom. The average Bonchev–Trinajstić information content (AvgIpc) is 2.50. The largest absolute Gasteiger partial charge is 0.451 e. The molecule has 1 aromatic rings. The molecule has 0 bridgehead atoms. The molecule has 0 atom stereocenters. The van der Waals surface area contributed by atoms with Gasteiger partial charge in [-0.1, -0.05) is 0 Å².